The molecular weight excluding hydrogens is 801 g/mol. The molecule has 0 amide bonds. The van der Waals surface area contributed by atoms with Crippen LogP contribution in [0, 0.1) is 0 Å². The Balaban J connectivity index is 1.05. The van der Waals surface area contributed by atoms with E-state index >= 15 is 0 Å². The van der Waals surface area contributed by atoms with Gasteiger partial charge >= 0.3 is 0 Å². The van der Waals surface area contributed by atoms with Gasteiger partial charge in [0.2, 0.25) is 0 Å². The topological polar surface area (TPSA) is 23.0 Å². The van der Waals surface area contributed by atoms with Gasteiger partial charge in [0.1, 0.15) is 5.58 Å². The molecule has 2 aliphatic rings. The van der Waals surface area contributed by atoms with Crippen LogP contribution in [-0.4, -0.2) is 9.13 Å². The van der Waals surface area contributed by atoms with Crippen molar-refractivity contribution < 1.29 is 4.42 Å². The van der Waals surface area contributed by atoms with Crippen molar-refractivity contribution >= 4 is 71.1 Å². The highest BCUT2D eigenvalue weighted by molar-refractivity contribution is 6.19. The van der Waals surface area contributed by atoms with Gasteiger partial charge in [-0.3, -0.25) is 0 Å². The monoisotopic (exact) mass is 844 g/mol. The van der Waals surface area contributed by atoms with Crippen LogP contribution in [0.1, 0.15) is 37.8 Å². The molecule has 0 saturated carbocycles. The Morgan fingerprint density at radius 2 is 1.05 bits per heavy atom. The summed E-state index contributed by atoms with van der Waals surface area (Å²) >= 11 is 0. The molecule has 0 saturated heterocycles. The van der Waals surface area contributed by atoms with Crippen molar-refractivity contribution in [1.82, 2.24) is 9.13 Å². The zero-order valence-corrected chi connectivity index (χ0v) is 36.8. The smallest absolute Gasteiger partial charge is 0.159 e. The van der Waals surface area contributed by atoms with Crippen LogP contribution >= 0.6 is 0 Å². The summed E-state index contributed by atoms with van der Waals surface area (Å²) in [5.74, 6) is 0. The predicted octanol–water partition coefficient (Wildman–Crippen LogP) is 17.2. The molecule has 0 N–H and O–H groups in total. The number of para-hydroxylation sites is 5. The third kappa shape index (κ3) is 5.26. The van der Waals surface area contributed by atoms with E-state index in [0.29, 0.717) is 0 Å². The summed E-state index contributed by atoms with van der Waals surface area (Å²) in [7, 11) is 0. The van der Waals surface area contributed by atoms with Crippen molar-refractivity contribution in [2.24, 2.45) is 0 Å². The largest absolute Gasteiger partial charge is 0.454 e. The van der Waals surface area contributed by atoms with Crippen molar-refractivity contribution in [1.29, 1.82) is 0 Å². The molecule has 9 aromatic carbocycles. The van der Waals surface area contributed by atoms with Gasteiger partial charge in [0.15, 0.2) is 5.58 Å². The summed E-state index contributed by atoms with van der Waals surface area (Å²) in [6.07, 6.45) is 6.93. The molecule has 3 heterocycles. The van der Waals surface area contributed by atoms with Crippen LogP contribution in [0.3, 0.4) is 0 Å². The molecule has 0 radical (unpaired) electrons. The van der Waals surface area contributed by atoms with Gasteiger partial charge in [-0.2, -0.15) is 0 Å². The average Bonchev–Trinajstić information content (AvgIpc) is 4.09. The van der Waals surface area contributed by atoms with E-state index in [1.807, 2.05) is 6.07 Å². The summed E-state index contributed by atoms with van der Waals surface area (Å²) in [6, 6.07) is 71.6. The Labute approximate surface area is 382 Å². The summed E-state index contributed by atoms with van der Waals surface area (Å²) < 4.78 is 11.5. The molecule has 14 rings (SSSR count). The lowest BCUT2D eigenvalue weighted by Crippen LogP contribution is -2.17. The lowest BCUT2D eigenvalue weighted by Gasteiger charge is -2.26. The molecule has 3 heteroatoms. The SMILES string of the molecule is CC1(C)C2=C(C=CCC2)c2ccc(-c3cc(-c4cccc5c4c4ccccc4n5-c4ccccc4)cc(-c4cccc5c4c4ccccc4n5-c4cccc5c4oc4ccccc45)c3)cc21. The van der Waals surface area contributed by atoms with Crippen LogP contribution in [0.25, 0.3) is 116 Å². The van der Waals surface area contributed by atoms with E-state index in [-0.39, 0.29) is 5.41 Å². The molecule has 2 aliphatic carbocycles. The minimum absolute atomic E-state index is 0.0349. The fourth-order valence-corrected chi connectivity index (χ4v) is 11.9. The first kappa shape index (κ1) is 37.3. The Morgan fingerprint density at radius 1 is 0.455 bits per heavy atom. The molecule has 0 bridgehead atoms. The zero-order valence-electron chi connectivity index (χ0n) is 36.8. The Kier molecular flexibility index (Phi) is 7.86. The van der Waals surface area contributed by atoms with Crippen molar-refractivity contribution in [3.05, 3.63) is 223 Å². The number of allylic oxidation sites excluding steroid dienone is 4. The molecule has 3 nitrogen and oxygen atoms in total. The number of benzene rings is 9. The lowest BCUT2D eigenvalue weighted by molar-refractivity contribution is 0.607. The molecular formula is C63H44N2O. The van der Waals surface area contributed by atoms with Crippen molar-refractivity contribution in [3.8, 4) is 44.8 Å². The molecule has 66 heavy (non-hydrogen) atoms. The van der Waals surface area contributed by atoms with Gasteiger partial charge in [0.05, 0.1) is 27.8 Å². The van der Waals surface area contributed by atoms with E-state index in [1.54, 1.807) is 5.57 Å². The van der Waals surface area contributed by atoms with Gasteiger partial charge in [-0.15, -0.1) is 0 Å². The molecule has 0 unspecified atom stereocenters. The third-order valence-corrected chi connectivity index (χ3v) is 14.8. The van der Waals surface area contributed by atoms with Crippen molar-refractivity contribution in [3.63, 3.8) is 0 Å². The number of hydrogen-bond donors (Lipinski definition) is 0. The van der Waals surface area contributed by atoms with E-state index < -0.39 is 0 Å². The maximum absolute atomic E-state index is 6.69. The van der Waals surface area contributed by atoms with E-state index in [9.17, 15) is 0 Å². The van der Waals surface area contributed by atoms with Crippen molar-refractivity contribution in [2.75, 3.05) is 0 Å². The predicted molar refractivity (Wildman–Crippen MR) is 277 cm³/mol. The summed E-state index contributed by atoms with van der Waals surface area (Å²) in [5, 5.41) is 7.18. The van der Waals surface area contributed by atoms with E-state index in [4.69, 9.17) is 4.42 Å². The highest BCUT2D eigenvalue weighted by Crippen LogP contribution is 2.52. The van der Waals surface area contributed by atoms with Crippen LogP contribution < -0.4 is 0 Å². The van der Waals surface area contributed by atoms with E-state index in [1.165, 1.54) is 82.7 Å². The zero-order chi connectivity index (χ0) is 43.7. The van der Waals surface area contributed by atoms with Crippen LogP contribution in [0.5, 0.6) is 0 Å². The second kappa shape index (κ2) is 13.9. The van der Waals surface area contributed by atoms with Crippen LogP contribution in [0.4, 0.5) is 0 Å². The van der Waals surface area contributed by atoms with E-state index in [0.717, 1.165) is 57.2 Å². The maximum Gasteiger partial charge on any atom is 0.159 e. The molecule has 0 spiro atoms. The quantitative estimate of drug-likeness (QED) is 0.169. The fourth-order valence-electron chi connectivity index (χ4n) is 11.9. The first-order valence-corrected chi connectivity index (χ1v) is 23.2. The maximum atomic E-state index is 6.69. The summed E-state index contributed by atoms with van der Waals surface area (Å²) in [4.78, 5) is 0. The molecule has 0 atom stereocenters. The minimum atomic E-state index is -0.0349. The second-order valence-corrected chi connectivity index (χ2v) is 18.7. The van der Waals surface area contributed by atoms with Crippen LogP contribution in [0.15, 0.2) is 216 Å². The second-order valence-electron chi connectivity index (χ2n) is 18.7. The number of aromatic nitrogens is 2. The van der Waals surface area contributed by atoms with Gasteiger partial charge in [-0.05, 0) is 136 Å². The lowest BCUT2D eigenvalue weighted by atomic mass is 9.78. The first-order valence-electron chi connectivity index (χ1n) is 23.2. The fraction of sp³-hybridized carbons (Fsp3) is 0.0794. The summed E-state index contributed by atoms with van der Waals surface area (Å²) in [6.45, 7) is 4.84. The Bertz CT molecular complexity index is 4070. The van der Waals surface area contributed by atoms with Gasteiger partial charge in [-0.1, -0.05) is 153 Å². The average molecular weight is 845 g/mol. The third-order valence-electron chi connectivity index (χ3n) is 14.8. The standard InChI is InChI=1S/C63H44N2O/c1-63(2)52-26-10-6-19-46(52)47-34-33-39(38-53(47)63)40-35-41(44-23-14-29-56-60(44)50-21-7-11-27-54(50)64(56)43-17-4-3-5-18-43)37-42(36-40)45-24-15-30-57-61(45)51-22-8-12-28-55(51)65(57)58-31-16-25-49-48-20-9-13-32-59(48)66-62(49)58/h3-9,11-25,27-38H,10,26H2,1-2H3. The van der Waals surface area contributed by atoms with Crippen molar-refractivity contribution in [2.45, 2.75) is 32.1 Å². The van der Waals surface area contributed by atoms with Gasteiger partial charge in [0.25, 0.3) is 0 Å². The first-order chi connectivity index (χ1) is 32.5. The number of nitrogens with zero attached hydrogens (tertiary/aromatic N) is 2. The van der Waals surface area contributed by atoms with E-state index in [2.05, 4.69) is 223 Å². The van der Waals surface area contributed by atoms with Gasteiger partial charge < -0.3 is 13.6 Å². The van der Waals surface area contributed by atoms with Crippen LogP contribution in [-0.2, 0) is 5.41 Å². The molecule has 3 aromatic heterocycles. The highest BCUT2D eigenvalue weighted by atomic mass is 16.3. The minimum Gasteiger partial charge on any atom is -0.454 e. The molecule has 0 aliphatic heterocycles. The Morgan fingerprint density at radius 3 is 1.79 bits per heavy atom. The number of hydrogen-bond acceptors (Lipinski definition) is 1. The Hall–Kier alpha value is -8.14. The number of furan rings is 1. The normalized spacial score (nSPS) is 14.4. The molecule has 0 fully saturated rings. The van der Waals surface area contributed by atoms with Crippen LogP contribution in [0.2, 0.25) is 0 Å². The molecule has 312 valence electrons. The number of fused-ring (bicyclic) bond motifs is 11. The van der Waals surface area contributed by atoms with Gasteiger partial charge in [-0.25, -0.2) is 0 Å². The molecule has 12 aromatic rings. The number of rotatable bonds is 5. The van der Waals surface area contributed by atoms with Gasteiger partial charge in [0, 0.05) is 43.4 Å². The summed E-state index contributed by atoms with van der Waals surface area (Å²) in [5.41, 5.74) is 21.7. The highest BCUT2D eigenvalue weighted by Gasteiger charge is 2.37.